The highest BCUT2D eigenvalue weighted by Crippen LogP contribution is 2.65. The molecule has 0 saturated heterocycles. The van der Waals surface area contributed by atoms with E-state index in [9.17, 15) is 18.7 Å². The van der Waals surface area contributed by atoms with Crippen LogP contribution in [-0.2, 0) is 4.79 Å². The first kappa shape index (κ1) is 9.55. The number of carbonyl (C=O) groups is 1. The Morgan fingerprint density at radius 1 is 1.07 bits per heavy atom. The molecule has 15 heavy (non-hydrogen) atoms. The van der Waals surface area contributed by atoms with Crippen molar-refractivity contribution >= 4 is 5.97 Å². The highest BCUT2D eigenvalue weighted by molar-refractivity contribution is 5.76. The van der Waals surface area contributed by atoms with Crippen LogP contribution in [0.3, 0.4) is 0 Å². The topological polar surface area (TPSA) is 37.3 Å². The average molecular weight is 216 g/mol. The zero-order valence-electron chi connectivity index (χ0n) is 8.43. The lowest BCUT2D eigenvalue weighted by Crippen LogP contribution is -2.62. The molecule has 0 radical (unpaired) electrons. The third-order valence-corrected chi connectivity index (χ3v) is 4.39. The standard InChI is InChI=1S/C11H14F2O2/c12-10-2-7-1-9(4-10,8(14)15)5-11(13,3-7)6-10/h7H,1-6H2,(H,14,15). The molecule has 0 heterocycles. The van der Waals surface area contributed by atoms with Crippen LogP contribution in [0.15, 0.2) is 0 Å². The molecule has 0 aliphatic heterocycles. The van der Waals surface area contributed by atoms with Gasteiger partial charge in [-0.1, -0.05) is 0 Å². The van der Waals surface area contributed by atoms with Crippen LogP contribution in [0.25, 0.3) is 0 Å². The lowest BCUT2D eigenvalue weighted by Gasteiger charge is -2.59. The smallest absolute Gasteiger partial charge is 0.309 e. The minimum atomic E-state index is -1.55. The second kappa shape index (κ2) is 2.36. The summed E-state index contributed by atoms with van der Waals surface area (Å²) in [5, 5.41) is 9.17. The van der Waals surface area contributed by atoms with Crippen LogP contribution in [0.5, 0.6) is 0 Å². The molecule has 4 heteroatoms. The lowest BCUT2D eigenvalue weighted by atomic mass is 9.47. The Hall–Kier alpha value is -0.670. The van der Waals surface area contributed by atoms with Gasteiger partial charge in [0.05, 0.1) is 5.41 Å². The number of halogens is 2. The minimum absolute atomic E-state index is 0.0253. The summed E-state index contributed by atoms with van der Waals surface area (Å²) in [5.74, 6) is -1.07. The molecule has 0 aromatic heterocycles. The fraction of sp³-hybridized carbons (Fsp3) is 0.909. The van der Waals surface area contributed by atoms with Crippen molar-refractivity contribution in [2.75, 3.05) is 0 Å². The van der Waals surface area contributed by atoms with Crippen molar-refractivity contribution in [2.24, 2.45) is 11.3 Å². The summed E-state index contributed by atoms with van der Waals surface area (Å²) in [6, 6.07) is 0. The molecule has 0 aromatic carbocycles. The third kappa shape index (κ3) is 1.16. The maximum atomic E-state index is 14.2. The van der Waals surface area contributed by atoms with Crippen LogP contribution in [0.2, 0.25) is 0 Å². The molecular formula is C11H14F2O2. The van der Waals surface area contributed by atoms with Gasteiger partial charge in [0.2, 0.25) is 0 Å². The number of aliphatic carboxylic acids is 1. The zero-order valence-corrected chi connectivity index (χ0v) is 8.43. The fourth-order valence-corrected chi connectivity index (χ4v) is 4.44. The van der Waals surface area contributed by atoms with Crippen molar-refractivity contribution < 1.29 is 18.7 Å². The predicted molar refractivity (Wildman–Crippen MR) is 48.9 cm³/mol. The molecule has 4 aliphatic rings. The highest BCUT2D eigenvalue weighted by atomic mass is 19.2. The van der Waals surface area contributed by atoms with Crippen LogP contribution in [0, 0.1) is 11.3 Å². The SMILES string of the molecule is O=C(O)C12CC3CC(F)(CC(F)(C3)C1)C2. The van der Waals surface area contributed by atoms with Gasteiger partial charge in [-0.2, -0.15) is 0 Å². The largest absolute Gasteiger partial charge is 0.481 e. The van der Waals surface area contributed by atoms with Crippen molar-refractivity contribution in [3.05, 3.63) is 0 Å². The van der Waals surface area contributed by atoms with Gasteiger partial charge in [0.25, 0.3) is 0 Å². The van der Waals surface area contributed by atoms with E-state index in [2.05, 4.69) is 0 Å². The Balaban J connectivity index is 2.05. The van der Waals surface area contributed by atoms with Crippen molar-refractivity contribution in [1.29, 1.82) is 0 Å². The van der Waals surface area contributed by atoms with Gasteiger partial charge in [-0.3, -0.25) is 4.79 Å². The first-order chi connectivity index (χ1) is 6.85. The molecular weight excluding hydrogens is 202 g/mol. The summed E-state index contributed by atoms with van der Waals surface area (Å²) in [4.78, 5) is 11.2. The van der Waals surface area contributed by atoms with Crippen molar-refractivity contribution in [3.63, 3.8) is 0 Å². The molecule has 2 unspecified atom stereocenters. The van der Waals surface area contributed by atoms with Crippen LogP contribution >= 0.6 is 0 Å². The number of carboxylic acids is 1. The molecule has 0 amide bonds. The Morgan fingerprint density at radius 3 is 2.00 bits per heavy atom. The maximum Gasteiger partial charge on any atom is 0.309 e. The molecule has 4 fully saturated rings. The molecule has 4 bridgehead atoms. The van der Waals surface area contributed by atoms with E-state index in [4.69, 9.17) is 0 Å². The first-order valence-corrected chi connectivity index (χ1v) is 5.46. The van der Waals surface area contributed by atoms with Gasteiger partial charge in [-0.25, -0.2) is 8.78 Å². The van der Waals surface area contributed by atoms with Crippen molar-refractivity contribution in [3.8, 4) is 0 Å². The lowest BCUT2D eigenvalue weighted by molar-refractivity contribution is -0.197. The summed E-state index contributed by atoms with van der Waals surface area (Å²) in [6.07, 6.45) is 1.18. The highest BCUT2D eigenvalue weighted by Gasteiger charge is 2.67. The van der Waals surface area contributed by atoms with E-state index in [1.807, 2.05) is 0 Å². The summed E-state index contributed by atoms with van der Waals surface area (Å²) < 4.78 is 28.5. The van der Waals surface area contributed by atoms with Gasteiger partial charge in [0, 0.05) is 6.42 Å². The summed E-state index contributed by atoms with van der Waals surface area (Å²) in [6.45, 7) is 0. The second-order valence-electron chi connectivity index (χ2n) is 5.90. The van der Waals surface area contributed by atoms with Crippen molar-refractivity contribution in [1.82, 2.24) is 0 Å². The number of carboxylic acid groups (broad SMARTS) is 1. The molecule has 2 nitrogen and oxygen atoms in total. The Morgan fingerprint density at radius 2 is 1.60 bits per heavy atom. The first-order valence-electron chi connectivity index (χ1n) is 5.46. The predicted octanol–water partition coefficient (Wildman–Crippen LogP) is 2.47. The van der Waals surface area contributed by atoms with Crippen LogP contribution in [0.4, 0.5) is 8.78 Å². The molecule has 84 valence electrons. The van der Waals surface area contributed by atoms with E-state index in [1.165, 1.54) is 0 Å². The van der Waals surface area contributed by atoms with E-state index >= 15 is 0 Å². The second-order valence-corrected chi connectivity index (χ2v) is 5.90. The Bertz CT molecular complexity index is 323. The van der Waals surface area contributed by atoms with E-state index in [1.54, 1.807) is 0 Å². The van der Waals surface area contributed by atoms with E-state index in [-0.39, 0.29) is 25.2 Å². The molecule has 4 aliphatic carbocycles. The molecule has 0 spiro atoms. The van der Waals surface area contributed by atoms with E-state index < -0.39 is 22.7 Å². The summed E-state index contributed by atoms with van der Waals surface area (Å²) in [7, 11) is 0. The van der Waals surface area contributed by atoms with Crippen molar-refractivity contribution in [2.45, 2.75) is 49.9 Å². The maximum absolute atomic E-state index is 14.2. The summed E-state index contributed by atoms with van der Waals surface area (Å²) >= 11 is 0. The summed E-state index contributed by atoms with van der Waals surface area (Å²) in [5.41, 5.74) is -4.21. The van der Waals surface area contributed by atoms with Crippen LogP contribution in [-0.4, -0.2) is 22.4 Å². The van der Waals surface area contributed by atoms with Gasteiger partial charge in [0.1, 0.15) is 11.3 Å². The van der Waals surface area contributed by atoms with E-state index in [0.29, 0.717) is 19.3 Å². The number of rotatable bonds is 1. The van der Waals surface area contributed by atoms with Crippen LogP contribution in [0.1, 0.15) is 38.5 Å². The monoisotopic (exact) mass is 216 g/mol. The number of alkyl halides is 2. The molecule has 1 N–H and O–H groups in total. The average Bonchev–Trinajstić information content (AvgIpc) is 1.95. The van der Waals surface area contributed by atoms with Gasteiger partial charge >= 0.3 is 5.97 Å². The molecule has 0 aromatic rings. The molecule has 4 saturated carbocycles. The van der Waals surface area contributed by atoms with Gasteiger partial charge in [0.15, 0.2) is 0 Å². The van der Waals surface area contributed by atoms with Gasteiger partial charge in [-0.15, -0.1) is 0 Å². The normalized spacial score (nSPS) is 57.1. The van der Waals surface area contributed by atoms with Gasteiger partial charge < -0.3 is 5.11 Å². The zero-order chi connectivity index (χ0) is 10.9. The van der Waals surface area contributed by atoms with Crippen LogP contribution < -0.4 is 0 Å². The van der Waals surface area contributed by atoms with E-state index in [0.717, 1.165) is 0 Å². The quantitative estimate of drug-likeness (QED) is 0.731. The molecule has 2 atom stereocenters. The Kier molecular flexibility index (Phi) is 1.50. The fourth-order valence-electron chi connectivity index (χ4n) is 4.44. The number of hydrogen-bond acceptors (Lipinski definition) is 1. The minimum Gasteiger partial charge on any atom is -0.481 e. The number of hydrogen-bond donors (Lipinski definition) is 1. The molecule has 4 rings (SSSR count). The Labute approximate surface area is 86.7 Å². The third-order valence-electron chi connectivity index (χ3n) is 4.39. The van der Waals surface area contributed by atoms with Gasteiger partial charge in [-0.05, 0) is 38.0 Å².